The van der Waals surface area contributed by atoms with E-state index >= 15 is 0 Å². The number of hydrogen-bond acceptors (Lipinski definition) is 3. The number of rotatable bonds is 2. The molecule has 5 aliphatic rings. The van der Waals surface area contributed by atoms with E-state index in [0.717, 1.165) is 25.7 Å². The molecule has 3 nitrogen and oxygen atoms in total. The normalized spacial score (nSPS) is 44.6. The standard InChI is InChI=1S/C28H37NO2/c1-5-31-24(30)27(4)13-8-12-26(3)21-11-14-25(2)17-28(21)16-18-9-6-7-10-20(18)29-23(25)19(28)15-22(26)27/h6-7,9-10,21-22,29H,5,8,11-17H2,1-4H3/t21?,22?,25-,26+,27-,28+/m1/s1. The van der Waals surface area contributed by atoms with E-state index in [0.29, 0.717) is 18.4 Å². The van der Waals surface area contributed by atoms with Gasteiger partial charge in [-0.1, -0.05) is 38.5 Å². The van der Waals surface area contributed by atoms with Crippen molar-refractivity contribution in [3.8, 4) is 0 Å². The fourth-order valence-corrected chi connectivity index (χ4v) is 9.38. The maximum absolute atomic E-state index is 13.3. The van der Waals surface area contributed by atoms with Crippen molar-refractivity contribution in [3.05, 3.63) is 41.1 Å². The predicted molar refractivity (Wildman–Crippen MR) is 123 cm³/mol. The average molecular weight is 420 g/mol. The summed E-state index contributed by atoms with van der Waals surface area (Å²) in [5, 5.41) is 3.97. The summed E-state index contributed by atoms with van der Waals surface area (Å²) in [7, 11) is 0. The van der Waals surface area contributed by atoms with Crippen molar-refractivity contribution in [2.24, 2.45) is 33.5 Å². The van der Waals surface area contributed by atoms with Crippen LogP contribution in [0.3, 0.4) is 0 Å². The largest absolute Gasteiger partial charge is 0.466 e. The summed E-state index contributed by atoms with van der Waals surface area (Å²) in [5.74, 6) is 1.08. The molecule has 0 saturated heterocycles. The summed E-state index contributed by atoms with van der Waals surface area (Å²) in [6.07, 6.45) is 9.45. The minimum absolute atomic E-state index is 0.0467. The van der Waals surface area contributed by atoms with E-state index in [2.05, 4.69) is 50.4 Å². The van der Waals surface area contributed by atoms with Gasteiger partial charge in [0.25, 0.3) is 0 Å². The van der Waals surface area contributed by atoms with Gasteiger partial charge in [-0.05, 0) is 93.2 Å². The second-order valence-electron chi connectivity index (χ2n) is 12.1. The quantitative estimate of drug-likeness (QED) is 0.557. The first-order valence-electron chi connectivity index (χ1n) is 12.5. The number of esters is 1. The Kier molecular flexibility index (Phi) is 3.96. The summed E-state index contributed by atoms with van der Waals surface area (Å²) >= 11 is 0. The third kappa shape index (κ3) is 2.33. The molecule has 1 spiro atoms. The van der Waals surface area contributed by atoms with E-state index in [1.54, 1.807) is 5.57 Å². The minimum atomic E-state index is -0.365. The first-order chi connectivity index (χ1) is 14.8. The van der Waals surface area contributed by atoms with Crippen LogP contribution in [0, 0.1) is 33.5 Å². The second-order valence-corrected chi connectivity index (χ2v) is 12.1. The van der Waals surface area contributed by atoms with Crippen molar-refractivity contribution >= 4 is 11.7 Å². The number of hydrogen-bond donors (Lipinski definition) is 1. The SMILES string of the molecule is CCOC(=O)[C@]1(C)CCC[C@@]2(C)C3CC[C@]4(C)C[C@]35Cc3ccccc3NC4=C5CC21. The molecule has 4 aliphatic carbocycles. The molecule has 0 radical (unpaired) electrons. The molecule has 1 aromatic carbocycles. The molecule has 2 unspecified atom stereocenters. The summed E-state index contributed by atoms with van der Waals surface area (Å²) < 4.78 is 5.69. The summed E-state index contributed by atoms with van der Waals surface area (Å²) in [6, 6.07) is 8.97. The number of allylic oxidation sites excluding steroid dienone is 2. The Balaban J connectivity index is 1.54. The fraction of sp³-hybridized carbons (Fsp3) is 0.679. The Morgan fingerprint density at radius 1 is 1.13 bits per heavy atom. The lowest BCUT2D eigenvalue weighted by Gasteiger charge is -2.64. The van der Waals surface area contributed by atoms with Crippen LogP contribution in [0.2, 0.25) is 0 Å². The van der Waals surface area contributed by atoms with Crippen LogP contribution in [-0.4, -0.2) is 12.6 Å². The lowest BCUT2D eigenvalue weighted by atomic mass is 9.39. The highest BCUT2D eigenvalue weighted by Crippen LogP contribution is 2.76. The number of carbonyl (C=O) groups excluding carboxylic acids is 1. The van der Waals surface area contributed by atoms with E-state index in [4.69, 9.17) is 4.74 Å². The number of para-hydroxylation sites is 1. The highest BCUT2D eigenvalue weighted by atomic mass is 16.5. The van der Waals surface area contributed by atoms with Gasteiger partial charge in [0.1, 0.15) is 0 Å². The molecule has 1 aromatic rings. The summed E-state index contributed by atoms with van der Waals surface area (Å²) in [5.41, 5.74) is 6.34. The minimum Gasteiger partial charge on any atom is -0.466 e. The zero-order valence-corrected chi connectivity index (χ0v) is 19.6. The van der Waals surface area contributed by atoms with Crippen molar-refractivity contribution in [1.29, 1.82) is 0 Å². The zero-order valence-electron chi connectivity index (χ0n) is 19.6. The van der Waals surface area contributed by atoms with E-state index in [1.165, 1.54) is 42.6 Å². The molecule has 166 valence electrons. The second kappa shape index (κ2) is 6.17. The molecule has 1 aliphatic heterocycles. The number of ether oxygens (including phenoxy) is 1. The monoisotopic (exact) mass is 419 g/mol. The summed E-state index contributed by atoms with van der Waals surface area (Å²) in [4.78, 5) is 13.3. The Morgan fingerprint density at radius 2 is 1.94 bits per heavy atom. The molecule has 3 heteroatoms. The van der Waals surface area contributed by atoms with Crippen LogP contribution < -0.4 is 5.32 Å². The van der Waals surface area contributed by atoms with Crippen LogP contribution in [0.1, 0.15) is 78.2 Å². The molecule has 0 aromatic heterocycles. The number of nitrogens with one attached hydrogen (secondary N) is 1. The third-order valence-electron chi connectivity index (χ3n) is 10.6. The molecule has 6 rings (SSSR count). The average Bonchev–Trinajstić information content (AvgIpc) is 2.82. The van der Waals surface area contributed by atoms with Crippen molar-refractivity contribution < 1.29 is 9.53 Å². The topological polar surface area (TPSA) is 38.3 Å². The molecular formula is C28H37NO2. The van der Waals surface area contributed by atoms with E-state index in [9.17, 15) is 4.79 Å². The molecular weight excluding hydrogens is 382 g/mol. The van der Waals surface area contributed by atoms with Crippen LogP contribution in [0.5, 0.6) is 0 Å². The van der Waals surface area contributed by atoms with Crippen molar-refractivity contribution in [1.82, 2.24) is 0 Å². The van der Waals surface area contributed by atoms with Gasteiger partial charge in [0.05, 0.1) is 12.0 Å². The molecule has 3 bridgehead atoms. The molecule has 31 heavy (non-hydrogen) atoms. The number of anilines is 1. The van der Waals surface area contributed by atoms with Gasteiger partial charge in [-0.15, -0.1) is 0 Å². The van der Waals surface area contributed by atoms with Crippen LogP contribution in [0.15, 0.2) is 35.5 Å². The zero-order chi connectivity index (χ0) is 21.6. The Labute approximate surface area is 187 Å². The summed E-state index contributed by atoms with van der Waals surface area (Å²) in [6.45, 7) is 9.70. The Bertz CT molecular complexity index is 996. The van der Waals surface area contributed by atoms with Gasteiger partial charge in [-0.3, -0.25) is 4.79 Å². The van der Waals surface area contributed by atoms with E-state index < -0.39 is 0 Å². The Morgan fingerprint density at radius 3 is 2.74 bits per heavy atom. The number of fused-ring (bicyclic) bond motifs is 5. The molecule has 0 amide bonds. The van der Waals surface area contributed by atoms with E-state index in [-0.39, 0.29) is 27.6 Å². The van der Waals surface area contributed by atoms with Crippen LogP contribution >= 0.6 is 0 Å². The fourth-order valence-electron chi connectivity index (χ4n) is 9.38. The third-order valence-corrected chi connectivity index (χ3v) is 10.6. The molecule has 1 N–H and O–H groups in total. The van der Waals surface area contributed by atoms with Gasteiger partial charge >= 0.3 is 5.97 Å². The van der Waals surface area contributed by atoms with Gasteiger partial charge in [0.2, 0.25) is 0 Å². The lowest BCUT2D eigenvalue weighted by Crippen LogP contribution is -2.60. The molecule has 1 heterocycles. The predicted octanol–water partition coefficient (Wildman–Crippen LogP) is 6.49. The molecule has 6 atom stereocenters. The van der Waals surface area contributed by atoms with Crippen molar-refractivity contribution in [2.45, 2.75) is 79.1 Å². The highest BCUT2D eigenvalue weighted by molar-refractivity contribution is 5.77. The first kappa shape index (κ1) is 19.9. The number of carbonyl (C=O) groups is 1. The van der Waals surface area contributed by atoms with E-state index in [1.807, 2.05) is 6.92 Å². The maximum Gasteiger partial charge on any atom is 0.312 e. The molecule has 3 saturated carbocycles. The van der Waals surface area contributed by atoms with Gasteiger partial charge < -0.3 is 10.1 Å². The lowest BCUT2D eigenvalue weighted by molar-refractivity contribution is -0.179. The number of benzene rings is 1. The van der Waals surface area contributed by atoms with Crippen LogP contribution in [0.25, 0.3) is 0 Å². The van der Waals surface area contributed by atoms with Gasteiger partial charge in [-0.25, -0.2) is 0 Å². The molecule has 3 fully saturated rings. The van der Waals surface area contributed by atoms with Crippen molar-refractivity contribution in [3.63, 3.8) is 0 Å². The van der Waals surface area contributed by atoms with Crippen molar-refractivity contribution in [2.75, 3.05) is 11.9 Å². The smallest absolute Gasteiger partial charge is 0.312 e. The van der Waals surface area contributed by atoms with Crippen LogP contribution in [-0.2, 0) is 16.0 Å². The first-order valence-corrected chi connectivity index (χ1v) is 12.5. The van der Waals surface area contributed by atoms with Crippen LogP contribution in [0.4, 0.5) is 5.69 Å². The Hall–Kier alpha value is -1.77. The maximum atomic E-state index is 13.3. The van der Waals surface area contributed by atoms with Gasteiger partial charge in [0, 0.05) is 22.2 Å². The van der Waals surface area contributed by atoms with Gasteiger partial charge in [0.15, 0.2) is 0 Å². The van der Waals surface area contributed by atoms with Gasteiger partial charge in [-0.2, -0.15) is 0 Å². The highest BCUT2D eigenvalue weighted by Gasteiger charge is 2.70.